The minimum atomic E-state index is 0.747. The lowest BCUT2D eigenvalue weighted by molar-refractivity contribution is 0.264. The lowest BCUT2D eigenvalue weighted by Gasteiger charge is -2.29. The summed E-state index contributed by atoms with van der Waals surface area (Å²) >= 11 is 0. The Hall–Kier alpha value is -1.02. The van der Waals surface area contributed by atoms with E-state index in [9.17, 15) is 0 Å². The number of benzene rings is 1. The molecular weight excluding hydrogens is 220 g/mol. The fraction of sp³-hybridized carbons (Fsp3) is 0.625. The van der Waals surface area contributed by atoms with Crippen LogP contribution in [0.1, 0.15) is 25.8 Å². The summed E-state index contributed by atoms with van der Waals surface area (Å²) in [6, 6.07) is 8.70. The molecule has 0 spiro atoms. The molecule has 1 unspecified atom stereocenters. The summed E-state index contributed by atoms with van der Waals surface area (Å²) in [6.45, 7) is 8.13. The zero-order valence-corrected chi connectivity index (χ0v) is 11.9. The topological polar surface area (TPSA) is 15.3 Å². The molecule has 1 aromatic carbocycles. The third-order valence-electron chi connectivity index (χ3n) is 3.77. The first-order chi connectivity index (χ1) is 8.65. The van der Waals surface area contributed by atoms with Gasteiger partial charge in [-0.05, 0) is 49.9 Å². The van der Waals surface area contributed by atoms with E-state index in [1.807, 2.05) is 0 Å². The van der Waals surface area contributed by atoms with Crippen molar-refractivity contribution >= 4 is 5.69 Å². The molecule has 2 rings (SSSR count). The van der Waals surface area contributed by atoms with Gasteiger partial charge in [-0.1, -0.05) is 32.0 Å². The van der Waals surface area contributed by atoms with Gasteiger partial charge in [0.1, 0.15) is 0 Å². The van der Waals surface area contributed by atoms with Crippen molar-refractivity contribution in [3.63, 3.8) is 0 Å². The quantitative estimate of drug-likeness (QED) is 0.858. The van der Waals surface area contributed by atoms with Crippen LogP contribution in [0.2, 0.25) is 0 Å². The van der Waals surface area contributed by atoms with Gasteiger partial charge < -0.3 is 10.2 Å². The Bertz CT molecular complexity index is 373. The van der Waals surface area contributed by atoms with Crippen LogP contribution in [0, 0.1) is 11.8 Å². The Morgan fingerprint density at radius 2 is 2.11 bits per heavy atom. The van der Waals surface area contributed by atoms with Gasteiger partial charge in [-0.2, -0.15) is 0 Å². The molecule has 0 aliphatic carbocycles. The van der Waals surface area contributed by atoms with Gasteiger partial charge in [0.25, 0.3) is 0 Å². The maximum absolute atomic E-state index is 3.56. The van der Waals surface area contributed by atoms with E-state index in [0.29, 0.717) is 0 Å². The standard InChI is InChI=1S/C16H26N2/c1-13(2)8-9-18(3)12-14-10-15-6-4-5-7-16(15)17-11-14/h4-7,13-14,17H,8-12H2,1-3H3. The zero-order chi connectivity index (χ0) is 13.0. The summed E-state index contributed by atoms with van der Waals surface area (Å²) in [7, 11) is 2.25. The van der Waals surface area contributed by atoms with E-state index in [4.69, 9.17) is 0 Å². The highest BCUT2D eigenvalue weighted by Crippen LogP contribution is 2.24. The summed E-state index contributed by atoms with van der Waals surface area (Å²) < 4.78 is 0. The number of fused-ring (bicyclic) bond motifs is 1. The Kier molecular flexibility index (Phi) is 4.65. The fourth-order valence-electron chi connectivity index (χ4n) is 2.65. The van der Waals surface area contributed by atoms with E-state index in [1.165, 1.54) is 37.2 Å². The molecule has 0 amide bonds. The summed E-state index contributed by atoms with van der Waals surface area (Å²) in [5, 5.41) is 3.56. The summed E-state index contributed by atoms with van der Waals surface area (Å²) in [5.41, 5.74) is 2.81. The van der Waals surface area contributed by atoms with Crippen molar-refractivity contribution in [2.45, 2.75) is 26.7 Å². The van der Waals surface area contributed by atoms with Gasteiger partial charge >= 0.3 is 0 Å². The first-order valence-electron chi connectivity index (χ1n) is 7.15. The molecule has 1 heterocycles. The van der Waals surface area contributed by atoms with Crippen LogP contribution in [0.15, 0.2) is 24.3 Å². The largest absolute Gasteiger partial charge is 0.384 e. The van der Waals surface area contributed by atoms with Gasteiger partial charge in [-0.15, -0.1) is 0 Å². The highest BCUT2D eigenvalue weighted by molar-refractivity contribution is 5.53. The third kappa shape index (κ3) is 3.74. The molecule has 0 saturated carbocycles. The van der Waals surface area contributed by atoms with Gasteiger partial charge in [0.05, 0.1) is 0 Å². The van der Waals surface area contributed by atoms with Crippen molar-refractivity contribution in [1.82, 2.24) is 4.90 Å². The monoisotopic (exact) mass is 246 g/mol. The van der Waals surface area contributed by atoms with E-state index < -0.39 is 0 Å². The molecule has 0 saturated heterocycles. The second-order valence-corrected chi connectivity index (χ2v) is 6.05. The number of nitrogens with zero attached hydrogens (tertiary/aromatic N) is 1. The molecule has 1 N–H and O–H groups in total. The van der Waals surface area contributed by atoms with Crippen LogP contribution in [0.5, 0.6) is 0 Å². The molecule has 1 aliphatic heterocycles. The van der Waals surface area contributed by atoms with Crippen LogP contribution < -0.4 is 5.32 Å². The van der Waals surface area contributed by atoms with Gasteiger partial charge in [-0.25, -0.2) is 0 Å². The molecule has 18 heavy (non-hydrogen) atoms. The summed E-state index contributed by atoms with van der Waals surface area (Å²) in [4.78, 5) is 2.49. The molecule has 2 nitrogen and oxygen atoms in total. The van der Waals surface area contributed by atoms with Crippen molar-refractivity contribution in [2.75, 3.05) is 32.0 Å². The van der Waals surface area contributed by atoms with E-state index in [0.717, 1.165) is 18.4 Å². The third-order valence-corrected chi connectivity index (χ3v) is 3.77. The summed E-state index contributed by atoms with van der Waals surface area (Å²) in [5.74, 6) is 1.55. The number of para-hydroxylation sites is 1. The molecule has 1 aliphatic rings. The Labute approximate surface area is 111 Å². The Balaban J connectivity index is 1.82. The predicted molar refractivity (Wildman–Crippen MR) is 79.1 cm³/mol. The average molecular weight is 246 g/mol. The minimum absolute atomic E-state index is 0.747. The maximum atomic E-state index is 3.56. The smallest absolute Gasteiger partial charge is 0.0372 e. The van der Waals surface area contributed by atoms with E-state index in [2.05, 4.69) is 55.4 Å². The van der Waals surface area contributed by atoms with E-state index in [1.54, 1.807) is 0 Å². The Morgan fingerprint density at radius 3 is 2.89 bits per heavy atom. The molecule has 2 heteroatoms. The average Bonchev–Trinajstić information content (AvgIpc) is 2.36. The molecule has 0 bridgehead atoms. The highest BCUT2D eigenvalue weighted by atomic mass is 15.1. The Morgan fingerprint density at radius 1 is 1.33 bits per heavy atom. The van der Waals surface area contributed by atoms with E-state index in [-0.39, 0.29) is 0 Å². The zero-order valence-electron chi connectivity index (χ0n) is 11.9. The minimum Gasteiger partial charge on any atom is -0.384 e. The molecular formula is C16H26N2. The van der Waals surface area contributed by atoms with Crippen molar-refractivity contribution < 1.29 is 0 Å². The van der Waals surface area contributed by atoms with Gasteiger partial charge in [0.2, 0.25) is 0 Å². The predicted octanol–water partition coefficient (Wildman–Crippen LogP) is 3.25. The van der Waals surface area contributed by atoms with Crippen LogP contribution >= 0.6 is 0 Å². The highest BCUT2D eigenvalue weighted by Gasteiger charge is 2.18. The lowest BCUT2D eigenvalue weighted by atomic mass is 9.93. The summed E-state index contributed by atoms with van der Waals surface area (Å²) in [6.07, 6.45) is 2.52. The number of nitrogens with one attached hydrogen (secondary N) is 1. The van der Waals surface area contributed by atoms with Crippen LogP contribution in [0.25, 0.3) is 0 Å². The number of anilines is 1. The second kappa shape index (κ2) is 6.24. The van der Waals surface area contributed by atoms with Crippen LogP contribution in [0.3, 0.4) is 0 Å². The SMILES string of the molecule is CC(C)CCN(C)CC1CNc2ccccc2C1. The second-order valence-electron chi connectivity index (χ2n) is 6.05. The molecule has 1 atom stereocenters. The number of hydrogen-bond donors (Lipinski definition) is 1. The first-order valence-corrected chi connectivity index (χ1v) is 7.15. The number of hydrogen-bond acceptors (Lipinski definition) is 2. The van der Waals surface area contributed by atoms with Gasteiger partial charge in [-0.3, -0.25) is 0 Å². The maximum Gasteiger partial charge on any atom is 0.0372 e. The molecule has 1 aromatic rings. The van der Waals surface area contributed by atoms with Crippen LogP contribution in [0.4, 0.5) is 5.69 Å². The van der Waals surface area contributed by atoms with Crippen molar-refractivity contribution in [3.05, 3.63) is 29.8 Å². The molecule has 0 radical (unpaired) electrons. The number of rotatable bonds is 5. The van der Waals surface area contributed by atoms with Crippen LogP contribution in [-0.4, -0.2) is 31.6 Å². The lowest BCUT2D eigenvalue weighted by Crippen LogP contribution is -2.34. The fourth-order valence-corrected chi connectivity index (χ4v) is 2.65. The van der Waals surface area contributed by atoms with Crippen molar-refractivity contribution in [3.8, 4) is 0 Å². The first kappa shape index (κ1) is 13.4. The van der Waals surface area contributed by atoms with Crippen molar-refractivity contribution in [2.24, 2.45) is 11.8 Å². The van der Waals surface area contributed by atoms with Crippen molar-refractivity contribution in [1.29, 1.82) is 0 Å². The van der Waals surface area contributed by atoms with Crippen LogP contribution in [-0.2, 0) is 6.42 Å². The molecule has 100 valence electrons. The normalized spacial score (nSPS) is 18.8. The van der Waals surface area contributed by atoms with Gasteiger partial charge in [0, 0.05) is 18.8 Å². The van der Waals surface area contributed by atoms with E-state index >= 15 is 0 Å². The van der Waals surface area contributed by atoms with Gasteiger partial charge in [0.15, 0.2) is 0 Å². The molecule has 0 aromatic heterocycles. The molecule has 0 fully saturated rings.